The van der Waals surface area contributed by atoms with Crippen LogP contribution in [0.25, 0.3) is 11.1 Å². The summed E-state index contributed by atoms with van der Waals surface area (Å²) in [7, 11) is 4.09. The van der Waals surface area contributed by atoms with Crippen molar-refractivity contribution in [1.82, 2.24) is 4.90 Å². The second-order valence-electron chi connectivity index (χ2n) is 5.97. The van der Waals surface area contributed by atoms with E-state index in [0.717, 1.165) is 17.9 Å². The van der Waals surface area contributed by atoms with Crippen LogP contribution < -0.4 is 10.5 Å². The third kappa shape index (κ3) is 2.67. The summed E-state index contributed by atoms with van der Waals surface area (Å²) in [4.78, 5) is 2.11. The average molecular weight is 282 g/mol. The van der Waals surface area contributed by atoms with Crippen molar-refractivity contribution >= 4 is 0 Å². The van der Waals surface area contributed by atoms with E-state index in [1.165, 1.54) is 22.3 Å². The first-order chi connectivity index (χ1) is 10.1. The maximum Gasteiger partial charge on any atom is 0.119 e. The Labute approximate surface area is 126 Å². The van der Waals surface area contributed by atoms with Gasteiger partial charge in [0.2, 0.25) is 0 Å². The molecule has 0 aliphatic heterocycles. The van der Waals surface area contributed by atoms with Crippen molar-refractivity contribution in [2.45, 2.75) is 13.0 Å². The number of hydrogen-bond acceptors (Lipinski definition) is 3. The van der Waals surface area contributed by atoms with Crippen molar-refractivity contribution in [2.24, 2.45) is 5.73 Å². The van der Waals surface area contributed by atoms with Crippen molar-refractivity contribution < 1.29 is 4.74 Å². The van der Waals surface area contributed by atoms with Gasteiger partial charge in [-0.15, -0.1) is 0 Å². The predicted octanol–water partition coefficient (Wildman–Crippen LogP) is 2.96. The van der Waals surface area contributed by atoms with Crippen LogP contribution in [0, 0.1) is 6.92 Å². The van der Waals surface area contributed by atoms with Crippen LogP contribution in [-0.2, 0) is 0 Å². The molecule has 0 fully saturated rings. The van der Waals surface area contributed by atoms with Crippen LogP contribution in [0.4, 0.5) is 0 Å². The summed E-state index contributed by atoms with van der Waals surface area (Å²) in [6, 6.07) is 12.7. The minimum Gasteiger partial charge on any atom is -0.492 e. The Morgan fingerprint density at radius 1 is 1.05 bits per heavy atom. The van der Waals surface area contributed by atoms with Crippen molar-refractivity contribution in [3.63, 3.8) is 0 Å². The highest BCUT2D eigenvalue weighted by atomic mass is 16.5. The van der Waals surface area contributed by atoms with E-state index in [-0.39, 0.29) is 6.04 Å². The fourth-order valence-corrected chi connectivity index (χ4v) is 2.83. The molecular weight excluding hydrogens is 260 g/mol. The second kappa shape index (κ2) is 5.51. The van der Waals surface area contributed by atoms with Gasteiger partial charge in [-0.2, -0.15) is 0 Å². The van der Waals surface area contributed by atoms with Gasteiger partial charge in [-0.05, 0) is 55.4 Å². The monoisotopic (exact) mass is 282 g/mol. The third-order valence-electron chi connectivity index (χ3n) is 4.00. The minimum atomic E-state index is -0.0488. The predicted molar refractivity (Wildman–Crippen MR) is 86.7 cm³/mol. The van der Waals surface area contributed by atoms with Crippen molar-refractivity contribution in [3.05, 3.63) is 53.1 Å². The lowest BCUT2D eigenvalue weighted by Gasteiger charge is -2.13. The Bertz CT molecular complexity index is 664. The number of nitrogens with two attached hydrogens (primary N) is 1. The highest BCUT2D eigenvalue weighted by molar-refractivity contribution is 5.79. The third-order valence-corrected chi connectivity index (χ3v) is 4.00. The molecule has 0 bridgehead atoms. The van der Waals surface area contributed by atoms with E-state index in [0.29, 0.717) is 6.61 Å². The zero-order valence-corrected chi connectivity index (χ0v) is 12.9. The van der Waals surface area contributed by atoms with E-state index in [9.17, 15) is 0 Å². The number of fused-ring (bicyclic) bond motifs is 3. The Morgan fingerprint density at radius 3 is 2.43 bits per heavy atom. The van der Waals surface area contributed by atoms with Gasteiger partial charge in [0, 0.05) is 6.54 Å². The molecule has 1 aliphatic rings. The fraction of sp³-hybridized carbons (Fsp3) is 0.333. The van der Waals surface area contributed by atoms with Gasteiger partial charge >= 0.3 is 0 Å². The van der Waals surface area contributed by atoms with E-state index in [2.05, 4.69) is 42.2 Å². The summed E-state index contributed by atoms with van der Waals surface area (Å²) in [5.41, 5.74) is 12.5. The molecule has 0 aromatic heterocycles. The second-order valence-corrected chi connectivity index (χ2v) is 5.97. The molecule has 0 saturated carbocycles. The average Bonchev–Trinajstić information content (AvgIpc) is 2.71. The molecule has 0 saturated heterocycles. The smallest absolute Gasteiger partial charge is 0.119 e. The van der Waals surface area contributed by atoms with Crippen LogP contribution in [0.5, 0.6) is 5.75 Å². The molecule has 1 unspecified atom stereocenters. The van der Waals surface area contributed by atoms with Gasteiger partial charge in [-0.3, -0.25) is 0 Å². The quantitative estimate of drug-likeness (QED) is 0.937. The zero-order chi connectivity index (χ0) is 15.0. The van der Waals surface area contributed by atoms with Gasteiger partial charge in [0.25, 0.3) is 0 Å². The number of ether oxygens (including phenoxy) is 1. The first-order valence-electron chi connectivity index (χ1n) is 7.34. The Balaban J connectivity index is 1.87. The largest absolute Gasteiger partial charge is 0.492 e. The fourth-order valence-electron chi connectivity index (χ4n) is 2.83. The van der Waals surface area contributed by atoms with Gasteiger partial charge in [0.15, 0.2) is 0 Å². The molecule has 21 heavy (non-hydrogen) atoms. The molecule has 1 atom stereocenters. The number of nitrogens with zero attached hydrogens (tertiary/aromatic N) is 1. The van der Waals surface area contributed by atoms with Crippen molar-refractivity contribution in [1.29, 1.82) is 0 Å². The van der Waals surface area contributed by atoms with E-state index >= 15 is 0 Å². The molecule has 3 nitrogen and oxygen atoms in total. The summed E-state index contributed by atoms with van der Waals surface area (Å²) in [6.45, 7) is 3.70. The molecule has 3 rings (SSSR count). The molecule has 0 amide bonds. The van der Waals surface area contributed by atoms with Crippen LogP contribution in [0.3, 0.4) is 0 Å². The van der Waals surface area contributed by atoms with Crippen LogP contribution >= 0.6 is 0 Å². The maximum atomic E-state index is 6.41. The van der Waals surface area contributed by atoms with E-state index in [1.54, 1.807) is 0 Å². The van der Waals surface area contributed by atoms with Crippen LogP contribution in [0.1, 0.15) is 22.7 Å². The highest BCUT2D eigenvalue weighted by Crippen LogP contribution is 2.43. The Morgan fingerprint density at radius 2 is 1.71 bits per heavy atom. The van der Waals surface area contributed by atoms with Crippen molar-refractivity contribution in [2.75, 3.05) is 27.2 Å². The Hall–Kier alpha value is -1.84. The SMILES string of the molecule is Cc1ccc2c(c1)C(N)c1cc(OCCN(C)C)ccc1-2. The van der Waals surface area contributed by atoms with E-state index in [1.807, 2.05) is 20.2 Å². The highest BCUT2D eigenvalue weighted by Gasteiger charge is 2.26. The first kappa shape index (κ1) is 14.1. The molecular formula is C18H22N2O. The zero-order valence-electron chi connectivity index (χ0n) is 12.9. The summed E-state index contributed by atoms with van der Waals surface area (Å²) in [5, 5.41) is 0. The van der Waals surface area contributed by atoms with Crippen molar-refractivity contribution in [3.8, 4) is 16.9 Å². The standard InChI is InChI=1S/C18H22N2O/c1-12-4-6-14-15-7-5-13(21-9-8-20(2)3)11-17(15)18(19)16(14)10-12/h4-7,10-11,18H,8-9,19H2,1-3H3. The summed E-state index contributed by atoms with van der Waals surface area (Å²) >= 11 is 0. The Kier molecular flexibility index (Phi) is 3.70. The summed E-state index contributed by atoms with van der Waals surface area (Å²) in [5.74, 6) is 0.899. The van der Waals surface area contributed by atoms with Gasteiger partial charge in [-0.25, -0.2) is 0 Å². The molecule has 0 spiro atoms. The molecule has 0 heterocycles. The molecule has 2 aromatic rings. The van der Waals surface area contributed by atoms with E-state index in [4.69, 9.17) is 10.5 Å². The maximum absolute atomic E-state index is 6.41. The van der Waals surface area contributed by atoms with Gasteiger partial charge in [-0.1, -0.05) is 29.8 Å². The molecule has 2 aromatic carbocycles. The van der Waals surface area contributed by atoms with Crippen LogP contribution in [-0.4, -0.2) is 32.1 Å². The molecule has 1 aliphatic carbocycles. The summed E-state index contributed by atoms with van der Waals surface area (Å²) < 4.78 is 5.82. The van der Waals surface area contributed by atoms with Crippen LogP contribution in [0.15, 0.2) is 36.4 Å². The van der Waals surface area contributed by atoms with Gasteiger partial charge in [0.05, 0.1) is 6.04 Å². The lowest BCUT2D eigenvalue weighted by atomic mass is 10.0. The minimum absolute atomic E-state index is 0.0488. The molecule has 110 valence electrons. The van der Waals surface area contributed by atoms with E-state index < -0.39 is 0 Å². The number of aryl methyl sites for hydroxylation is 1. The topological polar surface area (TPSA) is 38.5 Å². The molecule has 2 N–H and O–H groups in total. The number of likely N-dealkylation sites (N-methyl/N-ethyl adjacent to an activating group) is 1. The van der Waals surface area contributed by atoms with Crippen LogP contribution in [0.2, 0.25) is 0 Å². The van der Waals surface area contributed by atoms with Gasteiger partial charge in [0.1, 0.15) is 12.4 Å². The number of hydrogen-bond donors (Lipinski definition) is 1. The lowest BCUT2D eigenvalue weighted by Crippen LogP contribution is -2.19. The molecule has 3 heteroatoms. The molecule has 0 radical (unpaired) electrons. The summed E-state index contributed by atoms with van der Waals surface area (Å²) in [6.07, 6.45) is 0. The number of benzene rings is 2. The first-order valence-corrected chi connectivity index (χ1v) is 7.34. The number of rotatable bonds is 4. The lowest BCUT2D eigenvalue weighted by molar-refractivity contribution is 0.261. The normalized spacial score (nSPS) is 16.0. The van der Waals surface area contributed by atoms with Gasteiger partial charge < -0.3 is 15.4 Å².